The molecule has 0 radical (unpaired) electrons. The number of hydrogen-bond acceptors (Lipinski definition) is 4. The lowest BCUT2D eigenvalue weighted by molar-refractivity contribution is -0.384. The molecule has 9 heteroatoms. The summed E-state index contributed by atoms with van der Waals surface area (Å²) in [5.74, 6) is -0.534. The average Bonchev–Trinajstić information content (AvgIpc) is 2.91. The number of carbonyl (C=O) groups is 1. The number of rotatable bonds is 5. The maximum atomic E-state index is 12.8. The van der Waals surface area contributed by atoms with E-state index in [1.165, 1.54) is 29.0 Å². The molecule has 29 heavy (non-hydrogen) atoms. The summed E-state index contributed by atoms with van der Waals surface area (Å²) >= 11 is 5.78. The number of para-hydroxylation sites is 1. The van der Waals surface area contributed by atoms with Gasteiger partial charge in [0.25, 0.3) is 11.2 Å². The van der Waals surface area contributed by atoms with Gasteiger partial charge in [-0.2, -0.15) is 0 Å². The van der Waals surface area contributed by atoms with Crippen LogP contribution in [0.15, 0.2) is 59.4 Å². The third kappa shape index (κ3) is 4.12. The first-order valence-corrected chi connectivity index (χ1v) is 8.94. The van der Waals surface area contributed by atoms with Crippen molar-refractivity contribution in [3.05, 3.63) is 91.4 Å². The number of nitrogens with zero attached hydrogens (tertiary/aromatic N) is 3. The van der Waals surface area contributed by atoms with Crippen LogP contribution in [0, 0.1) is 17.0 Å². The minimum atomic E-state index is -0.598. The normalized spacial score (nSPS) is 11.0. The number of anilines is 1. The second kappa shape index (κ2) is 8.15. The summed E-state index contributed by atoms with van der Waals surface area (Å²) in [6.07, 6.45) is 2.61. The highest BCUT2D eigenvalue weighted by Crippen LogP contribution is 2.25. The molecule has 0 bridgehead atoms. The van der Waals surface area contributed by atoms with Crippen molar-refractivity contribution in [2.45, 2.75) is 6.92 Å². The number of nitro groups is 1. The van der Waals surface area contributed by atoms with Gasteiger partial charge in [0.2, 0.25) is 5.91 Å². The fraction of sp³-hybridized carbons (Fsp3) is 0.100. The SMILES string of the molecule is Cc1c(NC(=O)/C=C/c2ccc(Cl)c([N+](=O)[O-])c2)c(=O)n(-c2ccccc2)n1C. The molecule has 1 heterocycles. The van der Waals surface area contributed by atoms with E-state index in [-0.39, 0.29) is 22.0 Å². The Bertz CT molecular complexity index is 1180. The Morgan fingerprint density at radius 3 is 2.55 bits per heavy atom. The van der Waals surface area contributed by atoms with Crippen LogP contribution in [0.2, 0.25) is 5.02 Å². The van der Waals surface area contributed by atoms with Crippen LogP contribution in [-0.4, -0.2) is 20.2 Å². The molecular formula is C20H17ClN4O4. The fourth-order valence-electron chi connectivity index (χ4n) is 2.82. The Morgan fingerprint density at radius 1 is 1.21 bits per heavy atom. The van der Waals surface area contributed by atoms with E-state index in [1.807, 2.05) is 18.2 Å². The van der Waals surface area contributed by atoms with Gasteiger partial charge in [-0.25, -0.2) is 4.68 Å². The Hall–Kier alpha value is -3.65. The molecule has 0 unspecified atom stereocenters. The van der Waals surface area contributed by atoms with Crippen LogP contribution in [0.4, 0.5) is 11.4 Å². The lowest BCUT2D eigenvalue weighted by atomic mass is 10.2. The number of halogens is 1. The molecule has 1 aromatic heterocycles. The van der Waals surface area contributed by atoms with Gasteiger partial charge in [-0.3, -0.25) is 24.4 Å². The molecule has 1 N–H and O–H groups in total. The zero-order valence-electron chi connectivity index (χ0n) is 15.6. The number of carbonyl (C=O) groups excluding carboxylic acids is 1. The number of hydrogen-bond donors (Lipinski definition) is 1. The van der Waals surface area contributed by atoms with Crippen molar-refractivity contribution in [3.8, 4) is 5.69 Å². The van der Waals surface area contributed by atoms with Crippen LogP contribution in [0.25, 0.3) is 11.8 Å². The molecule has 0 saturated heterocycles. The van der Waals surface area contributed by atoms with E-state index >= 15 is 0 Å². The quantitative estimate of drug-likeness (QED) is 0.392. The lowest BCUT2D eigenvalue weighted by Crippen LogP contribution is -2.22. The summed E-state index contributed by atoms with van der Waals surface area (Å²) in [6, 6.07) is 13.3. The highest BCUT2D eigenvalue weighted by atomic mass is 35.5. The summed E-state index contributed by atoms with van der Waals surface area (Å²) in [6.45, 7) is 1.72. The smallest absolute Gasteiger partial charge is 0.295 e. The minimum absolute atomic E-state index is 0.0120. The van der Waals surface area contributed by atoms with E-state index in [0.29, 0.717) is 16.9 Å². The summed E-state index contributed by atoms with van der Waals surface area (Å²) in [5, 5.41) is 13.6. The molecule has 0 aliphatic heterocycles. The van der Waals surface area contributed by atoms with E-state index in [1.54, 1.807) is 36.9 Å². The second-order valence-corrected chi connectivity index (χ2v) is 6.63. The molecule has 0 aliphatic rings. The molecule has 0 atom stereocenters. The Morgan fingerprint density at radius 2 is 1.90 bits per heavy atom. The number of benzene rings is 2. The van der Waals surface area contributed by atoms with Crippen molar-refractivity contribution in [2.24, 2.45) is 7.05 Å². The van der Waals surface area contributed by atoms with Crippen molar-refractivity contribution in [1.29, 1.82) is 0 Å². The summed E-state index contributed by atoms with van der Waals surface area (Å²) < 4.78 is 3.11. The largest absolute Gasteiger partial charge is 0.316 e. The van der Waals surface area contributed by atoms with Gasteiger partial charge < -0.3 is 5.32 Å². The Balaban J connectivity index is 1.85. The molecule has 148 valence electrons. The van der Waals surface area contributed by atoms with Crippen molar-refractivity contribution in [1.82, 2.24) is 9.36 Å². The summed E-state index contributed by atoms with van der Waals surface area (Å²) in [7, 11) is 1.72. The highest BCUT2D eigenvalue weighted by molar-refractivity contribution is 6.32. The maximum absolute atomic E-state index is 12.8. The molecule has 3 aromatic rings. The van der Waals surface area contributed by atoms with Crippen molar-refractivity contribution >= 4 is 35.0 Å². The van der Waals surface area contributed by atoms with Crippen molar-refractivity contribution < 1.29 is 9.72 Å². The monoisotopic (exact) mass is 412 g/mol. The van der Waals surface area contributed by atoms with E-state index < -0.39 is 10.8 Å². The second-order valence-electron chi connectivity index (χ2n) is 6.23. The van der Waals surface area contributed by atoms with E-state index in [0.717, 1.165) is 0 Å². The Kier molecular flexibility index (Phi) is 5.65. The number of amides is 1. The van der Waals surface area contributed by atoms with Crippen LogP contribution in [-0.2, 0) is 11.8 Å². The molecule has 3 rings (SSSR count). The van der Waals surface area contributed by atoms with Crippen molar-refractivity contribution in [2.75, 3.05) is 5.32 Å². The molecule has 0 fully saturated rings. The number of aromatic nitrogens is 2. The molecule has 2 aromatic carbocycles. The first kappa shape index (κ1) is 20.1. The lowest BCUT2D eigenvalue weighted by Gasteiger charge is -2.07. The third-order valence-corrected chi connectivity index (χ3v) is 4.72. The summed E-state index contributed by atoms with van der Waals surface area (Å²) in [4.78, 5) is 35.5. The first-order valence-electron chi connectivity index (χ1n) is 8.56. The van der Waals surface area contributed by atoms with Crippen LogP contribution in [0.5, 0.6) is 0 Å². The predicted octanol–water partition coefficient (Wildman–Crippen LogP) is 3.70. The zero-order valence-corrected chi connectivity index (χ0v) is 16.4. The van der Waals surface area contributed by atoms with Crippen LogP contribution < -0.4 is 10.9 Å². The van der Waals surface area contributed by atoms with Gasteiger partial charge in [-0.05, 0) is 36.8 Å². The zero-order chi connectivity index (χ0) is 21.1. The topological polar surface area (TPSA) is 99.2 Å². The molecule has 1 amide bonds. The van der Waals surface area contributed by atoms with E-state index in [2.05, 4.69) is 5.32 Å². The standard InChI is InChI=1S/C20H17ClN4O4/c1-13-19(20(27)24(23(13)2)15-6-4-3-5-7-15)22-18(26)11-9-14-8-10-16(21)17(12-14)25(28)29/h3-12H,1-2H3,(H,22,26)/b11-9+. The number of nitro benzene ring substituents is 1. The van der Waals surface area contributed by atoms with E-state index in [4.69, 9.17) is 11.6 Å². The molecule has 0 saturated carbocycles. The van der Waals surface area contributed by atoms with Gasteiger partial charge in [0.15, 0.2) is 0 Å². The van der Waals surface area contributed by atoms with Gasteiger partial charge in [-0.1, -0.05) is 35.9 Å². The fourth-order valence-corrected chi connectivity index (χ4v) is 3.01. The highest BCUT2D eigenvalue weighted by Gasteiger charge is 2.17. The van der Waals surface area contributed by atoms with Crippen molar-refractivity contribution in [3.63, 3.8) is 0 Å². The van der Waals surface area contributed by atoms with E-state index in [9.17, 15) is 19.7 Å². The van der Waals surface area contributed by atoms with Crippen LogP contribution in [0.1, 0.15) is 11.3 Å². The maximum Gasteiger partial charge on any atom is 0.295 e. The first-order chi connectivity index (χ1) is 13.8. The van der Waals surface area contributed by atoms with Crippen LogP contribution in [0.3, 0.4) is 0 Å². The van der Waals surface area contributed by atoms with Gasteiger partial charge in [0.1, 0.15) is 10.7 Å². The molecule has 0 aliphatic carbocycles. The van der Waals surface area contributed by atoms with Gasteiger partial charge in [0, 0.05) is 19.2 Å². The summed E-state index contributed by atoms with van der Waals surface area (Å²) in [5.41, 5.74) is 1.24. The third-order valence-electron chi connectivity index (χ3n) is 4.40. The average molecular weight is 413 g/mol. The Labute approximate surface area is 170 Å². The molecular weight excluding hydrogens is 396 g/mol. The molecule has 0 spiro atoms. The number of nitrogens with one attached hydrogen (secondary N) is 1. The minimum Gasteiger partial charge on any atom is -0.316 e. The van der Waals surface area contributed by atoms with Gasteiger partial charge in [-0.15, -0.1) is 0 Å². The molecule has 8 nitrogen and oxygen atoms in total. The van der Waals surface area contributed by atoms with Crippen LogP contribution >= 0.6 is 11.6 Å². The van der Waals surface area contributed by atoms with Gasteiger partial charge >= 0.3 is 0 Å². The van der Waals surface area contributed by atoms with Gasteiger partial charge in [0.05, 0.1) is 16.3 Å². The predicted molar refractivity (Wildman–Crippen MR) is 112 cm³/mol.